The highest BCUT2D eigenvalue weighted by atomic mass is 35.5. The Kier molecular flexibility index (Phi) is 5.04. The second kappa shape index (κ2) is 6.30. The van der Waals surface area contributed by atoms with Crippen LogP contribution in [0.2, 0.25) is 5.02 Å². The van der Waals surface area contributed by atoms with E-state index in [9.17, 15) is 4.79 Å². The van der Waals surface area contributed by atoms with Gasteiger partial charge >= 0.3 is 5.97 Å². The van der Waals surface area contributed by atoms with Crippen LogP contribution in [0.25, 0.3) is 0 Å². The summed E-state index contributed by atoms with van der Waals surface area (Å²) in [7, 11) is 0. The van der Waals surface area contributed by atoms with E-state index in [-0.39, 0.29) is 6.61 Å². The van der Waals surface area contributed by atoms with Crippen molar-refractivity contribution >= 4 is 17.6 Å². The van der Waals surface area contributed by atoms with Gasteiger partial charge in [0.2, 0.25) is 0 Å². The number of carboxylic acids is 1. The van der Waals surface area contributed by atoms with Crippen LogP contribution in [0.5, 0.6) is 5.75 Å². The van der Waals surface area contributed by atoms with Gasteiger partial charge in [-0.3, -0.25) is 0 Å². The quantitative estimate of drug-likeness (QED) is 0.819. The number of hydrogen-bond donors (Lipinski definition) is 1. The summed E-state index contributed by atoms with van der Waals surface area (Å²) in [6.45, 7) is 3.94. The van der Waals surface area contributed by atoms with Gasteiger partial charge in [0, 0.05) is 10.6 Å². The zero-order valence-electron chi connectivity index (χ0n) is 9.87. The van der Waals surface area contributed by atoms with Crippen molar-refractivity contribution in [3.8, 4) is 5.75 Å². The molecule has 0 aliphatic rings. The first-order valence-electron chi connectivity index (χ1n) is 5.36. The Balaban J connectivity index is 2.67. The van der Waals surface area contributed by atoms with E-state index in [0.29, 0.717) is 22.8 Å². The molecular formula is C13H15ClO3. The molecule has 0 unspecified atom stereocenters. The van der Waals surface area contributed by atoms with E-state index >= 15 is 0 Å². The molecule has 0 heterocycles. The Bertz CT molecular complexity index is 438. The minimum atomic E-state index is -0.904. The molecule has 3 nitrogen and oxygen atoms in total. The van der Waals surface area contributed by atoms with E-state index in [4.69, 9.17) is 21.4 Å². The average molecular weight is 255 g/mol. The molecular weight excluding hydrogens is 240 g/mol. The van der Waals surface area contributed by atoms with Crippen molar-refractivity contribution in [1.29, 1.82) is 0 Å². The van der Waals surface area contributed by atoms with Crippen LogP contribution in [0.4, 0.5) is 0 Å². The molecule has 0 aliphatic heterocycles. The van der Waals surface area contributed by atoms with E-state index < -0.39 is 5.97 Å². The SMILES string of the molecule is CCC(=CCOc1cc(Cl)ccc1C)C(=O)O. The number of aryl methyl sites for hydroxylation is 1. The topological polar surface area (TPSA) is 46.5 Å². The number of carboxylic acid groups (broad SMARTS) is 1. The molecule has 1 N–H and O–H groups in total. The lowest BCUT2D eigenvalue weighted by molar-refractivity contribution is -0.132. The molecule has 92 valence electrons. The van der Waals surface area contributed by atoms with Crippen molar-refractivity contribution in [2.24, 2.45) is 0 Å². The van der Waals surface area contributed by atoms with E-state index in [1.807, 2.05) is 13.0 Å². The van der Waals surface area contributed by atoms with E-state index in [0.717, 1.165) is 5.56 Å². The molecule has 0 bridgehead atoms. The molecule has 0 amide bonds. The Morgan fingerprint density at radius 2 is 2.24 bits per heavy atom. The Morgan fingerprint density at radius 3 is 2.82 bits per heavy atom. The molecule has 0 aromatic heterocycles. The smallest absolute Gasteiger partial charge is 0.331 e. The molecule has 0 aliphatic carbocycles. The lowest BCUT2D eigenvalue weighted by Gasteiger charge is -2.07. The maximum atomic E-state index is 10.7. The fraction of sp³-hybridized carbons (Fsp3) is 0.308. The summed E-state index contributed by atoms with van der Waals surface area (Å²) >= 11 is 5.85. The van der Waals surface area contributed by atoms with Crippen molar-refractivity contribution in [2.45, 2.75) is 20.3 Å². The number of carbonyl (C=O) groups is 1. The molecule has 1 aromatic rings. The predicted molar refractivity (Wildman–Crippen MR) is 67.7 cm³/mol. The average Bonchev–Trinajstić information content (AvgIpc) is 2.28. The molecule has 0 atom stereocenters. The Labute approximate surface area is 106 Å². The molecule has 4 heteroatoms. The summed E-state index contributed by atoms with van der Waals surface area (Å²) < 4.78 is 5.48. The highest BCUT2D eigenvalue weighted by Crippen LogP contribution is 2.22. The van der Waals surface area contributed by atoms with Gasteiger partial charge in [-0.2, -0.15) is 0 Å². The largest absolute Gasteiger partial charge is 0.489 e. The second-order valence-corrected chi connectivity index (χ2v) is 4.05. The number of benzene rings is 1. The van der Waals surface area contributed by atoms with Crippen LogP contribution in [0, 0.1) is 6.92 Å². The van der Waals surface area contributed by atoms with Crippen molar-refractivity contribution in [3.63, 3.8) is 0 Å². The third-order valence-electron chi connectivity index (χ3n) is 2.37. The maximum Gasteiger partial charge on any atom is 0.331 e. The molecule has 1 rings (SSSR count). The molecule has 17 heavy (non-hydrogen) atoms. The fourth-order valence-corrected chi connectivity index (χ4v) is 1.51. The van der Waals surface area contributed by atoms with Gasteiger partial charge < -0.3 is 9.84 Å². The summed E-state index contributed by atoms with van der Waals surface area (Å²) in [5.74, 6) is -0.228. The van der Waals surface area contributed by atoms with Crippen LogP contribution in [0.1, 0.15) is 18.9 Å². The molecule has 0 radical (unpaired) electrons. The standard InChI is InChI=1S/C13H15ClO3/c1-3-10(13(15)16)6-7-17-12-8-11(14)5-4-9(12)2/h4-6,8H,3,7H2,1-2H3,(H,15,16). The van der Waals surface area contributed by atoms with Gasteiger partial charge in [0.1, 0.15) is 12.4 Å². The summed E-state index contributed by atoms with van der Waals surface area (Å²) in [6, 6.07) is 5.37. The number of halogens is 1. The number of ether oxygens (including phenoxy) is 1. The van der Waals surface area contributed by atoms with Gasteiger partial charge in [0.15, 0.2) is 0 Å². The molecule has 1 aromatic carbocycles. The third-order valence-corrected chi connectivity index (χ3v) is 2.61. The first-order chi connectivity index (χ1) is 8.04. The summed E-state index contributed by atoms with van der Waals surface area (Å²) in [6.07, 6.45) is 2.05. The first kappa shape index (κ1) is 13.6. The Hall–Kier alpha value is -1.48. The maximum absolute atomic E-state index is 10.7. The summed E-state index contributed by atoms with van der Waals surface area (Å²) in [4.78, 5) is 10.7. The third kappa shape index (κ3) is 4.11. The Morgan fingerprint density at radius 1 is 1.53 bits per heavy atom. The van der Waals surface area contributed by atoms with Crippen LogP contribution in [-0.4, -0.2) is 17.7 Å². The lowest BCUT2D eigenvalue weighted by Crippen LogP contribution is -2.03. The van der Waals surface area contributed by atoms with Gasteiger partial charge in [-0.15, -0.1) is 0 Å². The van der Waals surface area contributed by atoms with Crippen LogP contribution in [0.3, 0.4) is 0 Å². The zero-order valence-corrected chi connectivity index (χ0v) is 10.6. The van der Waals surface area contributed by atoms with Gasteiger partial charge in [-0.1, -0.05) is 24.6 Å². The van der Waals surface area contributed by atoms with Crippen molar-refractivity contribution < 1.29 is 14.6 Å². The van der Waals surface area contributed by atoms with E-state index in [1.165, 1.54) is 0 Å². The van der Waals surface area contributed by atoms with Crippen LogP contribution >= 0.6 is 11.6 Å². The van der Waals surface area contributed by atoms with Gasteiger partial charge in [0.25, 0.3) is 0 Å². The minimum Gasteiger partial charge on any atom is -0.489 e. The van der Waals surface area contributed by atoms with Gasteiger partial charge in [-0.25, -0.2) is 4.79 Å². The first-order valence-corrected chi connectivity index (χ1v) is 5.73. The van der Waals surface area contributed by atoms with Gasteiger partial charge in [0.05, 0.1) is 0 Å². The summed E-state index contributed by atoms with van der Waals surface area (Å²) in [5, 5.41) is 9.42. The fourth-order valence-electron chi connectivity index (χ4n) is 1.34. The predicted octanol–water partition coefficient (Wildman–Crippen LogP) is 3.45. The molecule has 0 fully saturated rings. The number of aliphatic carboxylic acids is 1. The van der Waals surface area contributed by atoms with E-state index in [1.54, 1.807) is 25.1 Å². The molecule has 0 spiro atoms. The zero-order chi connectivity index (χ0) is 12.8. The summed E-state index contributed by atoms with van der Waals surface area (Å²) in [5.41, 5.74) is 1.32. The minimum absolute atomic E-state index is 0.233. The monoisotopic (exact) mass is 254 g/mol. The second-order valence-electron chi connectivity index (χ2n) is 3.61. The normalized spacial score (nSPS) is 11.4. The van der Waals surface area contributed by atoms with Crippen LogP contribution in [0.15, 0.2) is 29.8 Å². The van der Waals surface area contributed by atoms with Crippen LogP contribution in [-0.2, 0) is 4.79 Å². The van der Waals surface area contributed by atoms with Crippen molar-refractivity contribution in [2.75, 3.05) is 6.61 Å². The number of rotatable bonds is 5. The van der Waals surface area contributed by atoms with E-state index in [2.05, 4.69) is 0 Å². The van der Waals surface area contributed by atoms with Crippen molar-refractivity contribution in [1.82, 2.24) is 0 Å². The van der Waals surface area contributed by atoms with Crippen molar-refractivity contribution in [3.05, 3.63) is 40.4 Å². The van der Waals surface area contributed by atoms with Gasteiger partial charge in [-0.05, 0) is 37.1 Å². The molecule has 0 saturated carbocycles. The lowest BCUT2D eigenvalue weighted by atomic mass is 10.2. The highest BCUT2D eigenvalue weighted by Gasteiger charge is 2.04. The number of hydrogen-bond acceptors (Lipinski definition) is 2. The highest BCUT2D eigenvalue weighted by molar-refractivity contribution is 6.30. The molecule has 0 saturated heterocycles. The van der Waals surface area contributed by atoms with Crippen LogP contribution < -0.4 is 4.74 Å².